The van der Waals surface area contributed by atoms with Crippen molar-refractivity contribution in [2.75, 3.05) is 32.5 Å². The van der Waals surface area contributed by atoms with Gasteiger partial charge in [-0.25, -0.2) is 4.98 Å². The lowest BCUT2D eigenvalue weighted by Crippen LogP contribution is -2.45. The van der Waals surface area contributed by atoms with Crippen LogP contribution in [0.1, 0.15) is 36.8 Å². The van der Waals surface area contributed by atoms with Crippen LogP contribution in [0.15, 0.2) is 53.8 Å². The van der Waals surface area contributed by atoms with Gasteiger partial charge in [0, 0.05) is 36.6 Å². The quantitative estimate of drug-likeness (QED) is 0.379. The topological polar surface area (TPSA) is 102 Å². The van der Waals surface area contributed by atoms with Crippen molar-refractivity contribution in [1.82, 2.24) is 14.9 Å². The largest absolute Gasteiger partial charge is 0.497 e. The number of pyridine rings is 2. The van der Waals surface area contributed by atoms with Crippen LogP contribution in [0, 0.1) is 5.41 Å². The number of benzene rings is 1. The van der Waals surface area contributed by atoms with Gasteiger partial charge in [-0.3, -0.25) is 9.78 Å². The summed E-state index contributed by atoms with van der Waals surface area (Å²) in [4.78, 5) is 23.6. The van der Waals surface area contributed by atoms with E-state index in [-0.39, 0.29) is 0 Å². The first kappa shape index (κ1) is 25.4. The van der Waals surface area contributed by atoms with Crippen molar-refractivity contribution in [3.8, 4) is 5.75 Å². The van der Waals surface area contributed by atoms with Gasteiger partial charge < -0.3 is 20.5 Å². The van der Waals surface area contributed by atoms with Gasteiger partial charge in [0.25, 0.3) is 0 Å². The number of carboxylic acids is 1. The number of carbonyl (C=O) groups is 1. The molecule has 0 radical (unpaired) electrons. The predicted molar refractivity (Wildman–Crippen MR) is 140 cm³/mol. The molecule has 35 heavy (non-hydrogen) atoms. The molecule has 0 bridgehead atoms. The SMILES string of the molecule is COc1ccc2ncc(CN)c(CCCC3(C(=O)O)CCN(CCSc4ccccn4)CC3)c2c1. The minimum atomic E-state index is -0.666. The number of methoxy groups -OCH3 is 1. The van der Waals surface area contributed by atoms with Gasteiger partial charge in [-0.1, -0.05) is 6.07 Å². The minimum absolute atomic E-state index is 0.408. The lowest BCUT2D eigenvalue weighted by molar-refractivity contribution is -0.152. The number of thioether (sulfide) groups is 1. The lowest BCUT2D eigenvalue weighted by atomic mass is 9.74. The molecule has 0 aliphatic carbocycles. The Hall–Kier alpha value is -2.68. The zero-order valence-corrected chi connectivity index (χ0v) is 21.1. The monoisotopic (exact) mass is 494 g/mol. The van der Waals surface area contributed by atoms with Crippen LogP contribution in [0.5, 0.6) is 5.75 Å². The van der Waals surface area contributed by atoms with Crippen LogP contribution in [0.3, 0.4) is 0 Å². The number of piperidine rings is 1. The van der Waals surface area contributed by atoms with Crippen molar-refractivity contribution in [3.63, 3.8) is 0 Å². The standard InChI is InChI=1S/C27H34N4O3S/c1-34-21-7-8-24-23(17-21)22(20(18-28)19-30-24)5-4-9-27(26(32)33)10-13-31(14-11-27)15-16-35-25-6-2-3-12-29-25/h2-3,6-8,12,17,19H,4-5,9-11,13-16,18,28H2,1H3,(H,32,33). The Morgan fingerprint density at radius 1 is 1.23 bits per heavy atom. The van der Waals surface area contributed by atoms with Crippen LogP contribution < -0.4 is 10.5 Å². The number of ether oxygens (including phenoxy) is 1. The van der Waals surface area contributed by atoms with E-state index in [4.69, 9.17) is 10.5 Å². The number of aliphatic carboxylic acids is 1. The van der Waals surface area contributed by atoms with Crippen LogP contribution in [0.4, 0.5) is 0 Å². The van der Waals surface area contributed by atoms with E-state index < -0.39 is 11.4 Å². The fourth-order valence-electron chi connectivity index (χ4n) is 4.96. The minimum Gasteiger partial charge on any atom is -0.497 e. The van der Waals surface area contributed by atoms with E-state index in [0.717, 1.165) is 71.0 Å². The fourth-order valence-corrected chi connectivity index (χ4v) is 5.83. The Labute approximate surface area is 211 Å². The third kappa shape index (κ3) is 6.12. The maximum absolute atomic E-state index is 12.4. The molecule has 186 valence electrons. The van der Waals surface area contributed by atoms with Crippen LogP contribution in [0.25, 0.3) is 10.9 Å². The number of aromatic nitrogens is 2. The normalized spacial score (nSPS) is 15.8. The highest BCUT2D eigenvalue weighted by Crippen LogP contribution is 2.38. The van der Waals surface area contributed by atoms with Gasteiger partial charge >= 0.3 is 5.97 Å². The number of nitrogens with zero attached hydrogens (tertiary/aromatic N) is 3. The zero-order valence-electron chi connectivity index (χ0n) is 20.3. The Morgan fingerprint density at radius 2 is 2.06 bits per heavy atom. The summed E-state index contributed by atoms with van der Waals surface area (Å²) in [7, 11) is 1.65. The van der Waals surface area contributed by atoms with E-state index >= 15 is 0 Å². The van der Waals surface area contributed by atoms with Crippen molar-refractivity contribution in [3.05, 3.63) is 59.9 Å². The first-order valence-electron chi connectivity index (χ1n) is 12.2. The van der Waals surface area contributed by atoms with E-state index in [9.17, 15) is 9.90 Å². The van der Waals surface area contributed by atoms with E-state index in [2.05, 4.69) is 14.9 Å². The Bertz CT molecular complexity index is 1130. The number of fused-ring (bicyclic) bond motifs is 1. The number of likely N-dealkylation sites (tertiary alicyclic amines) is 1. The Balaban J connectivity index is 1.36. The molecule has 0 unspecified atom stereocenters. The number of hydrogen-bond acceptors (Lipinski definition) is 7. The van der Waals surface area contributed by atoms with Crippen LogP contribution >= 0.6 is 11.8 Å². The summed E-state index contributed by atoms with van der Waals surface area (Å²) < 4.78 is 5.41. The second kappa shape index (κ2) is 11.8. The Kier molecular flexibility index (Phi) is 8.59. The van der Waals surface area contributed by atoms with Crippen molar-refractivity contribution in [1.29, 1.82) is 0 Å². The van der Waals surface area contributed by atoms with Gasteiger partial charge in [0.2, 0.25) is 0 Å². The molecule has 0 amide bonds. The summed E-state index contributed by atoms with van der Waals surface area (Å²) in [6, 6.07) is 11.8. The van der Waals surface area contributed by atoms with Crippen molar-refractivity contribution in [2.24, 2.45) is 11.1 Å². The van der Waals surface area contributed by atoms with Crippen LogP contribution in [-0.4, -0.2) is 58.4 Å². The molecule has 8 heteroatoms. The van der Waals surface area contributed by atoms with Crippen molar-refractivity contribution < 1.29 is 14.6 Å². The molecule has 7 nitrogen and oxygen atoms in total. The van der Waals surface area contributed by atoms with Crippen LogP contribution in [0.2, 0.25) is 0 Å². The lowest BCUT2D eigenvalue weighted by Gasteiger charge is -2.39. The first-order valence-corrected chi connectivity index (χ1v) is 13.2. The van der Waals surface area contributed by atoms with E-state index in [1.54, 1.807) is 18.9 Å². The third-order valence-corrected chi connectivity index (χ3v) is 8.06. The molecule has 1 saturated heterocycles. The van der Waals surface area contributed by atoms with E-state index in [1.165, 1.54) is 0 Å². The second-order valence-corrected chi connectivity index (χ2v) is 10.3. The van der Waals surface area contributed by atoms with Crippen molar-refractivity contribution in [2.45, 2.75) is 43.7 Å². The Morgan fingerprint density at radius 3 is 2.74 bits per heavy atom. The molecular formula is C27H34N4O3S. The highest BCUT2D eigenvalue weighted by molar-refractivity contribution is 7.99. The molecule has 1 fully saturated rings. The summed E-state index contributed by atoms with van der Waals surface area (Å²) >= 11 is 1.75. The highest BCUT2D eigenvalue weighted by atomic mass is 32.2. The predicted octanol–water partition coefficient (Wildman–Crippen LogP) is 4.38. The van der Waals surface area contributed by atoms with Gasteiger partial charge in [-0.05, 0) is 86.7 Å². The first-order chi connectivity index (χ1) is 17.0. The summed E-state index contributed by atoms with van der Waals surface area (Å²) in [5.74, 6) is 1.07. The van der Waals surface area contributed by atoms with Crippen LogP contribution in [-0.2, 0) is 17.8 Å². The summed E-state index contributed by atoms with van der Waals surface area (Å²) in [5, 5.41) is 12.2. The molecule has 1 aromatic carbocycles. The third-order valence-electron chi connectivity index (χ3n) is 7.14. The number of carboxylic acid groups (broad SMARTS) is 1. The van der Waals surface area contributed by atoms with Gasteiger partial charge in [0.15, 0.2) is 0 Å². The van der Waals surface area contributed by atoms with Gasteiger partial charge in [-0.15, -0.1) is 11.8 Å². The summed E-state index contributed by atoms with van der Waals surface area (Å²) in [6.07, 6.45) is 7.27. The molecule has 0 saturated carbocycles. The molecule has 3 N–H and O–H groups in total. The molecule has 3 heterocycles. The van der Waals surface area contributed by atoms with Gasteiger partial charge in [-0.2, -0.15) is 0 Å². The average molecular weight is 495 g/mol. The van der Waals surface area contributed by atoms with E-state index in [0.29, 0.717) is 25.8 Å². The second-order valence-electron chi connectivity index (χ2n) is 9.15. The maximum Gasteiger partial charge on any atom is 0.309 e. The molecule has 1 aliphatic heterocycles. The number of rotatable bonds is 11. The fraction of sp³-hybridized carbons (Fsp3) is 0.444. The molecule has 4 rings (SSSR count). The molecule has 3 aromatic rings. The number of nitrogens with two attached hydrogens (primary N) is 1. The zero-order chi connectivity index (χ0) is 24.7. The maximum atomic E-state index is 12.4. The van der Waals surface area contributed by atoms with Gasteiger partial charge in [0.05, 0.1) is 23.1 Å². The molecule has 0 atom stereocenters. The van der Waals surface area contributed by atoms with Gasteiger partial charge in [0.1, 0.15) is 5.75 Å². The summed E-state index contributed by atoms with van der Waals surface area (Å²) in [6.45, 7) is 2.99. The molecule has 2 aromatic heterocycles. The molecule has 1 aliphatic rings. The average Bonchev–Trinajstić information content (AvgIpc) is 2.90. The smallest absolute Gasteiger partial charge is 0.309 e. The number of hydrogen-bond donors (Lipinski definition) is 2. The van der Waals surface area contributed by atoms with E-state index in [1.807, 2.05) is 48.8 Å². The van der Waals surface area contributed by atoms with Crippen molar-refractivity contribution >= 4 is 28.6 Å². The summed E-state index contributed by atoms with van der Waals surface area (Å²) in [5.41, 5.74) is 8.43. The highest BCUT2D eigenvalue weighted by Gasteiger charge is 2.40. The number of aryl methyl sites for hydroxylation is 1. The molecule has 0 spiro atoms. The molecular weight excluding hydrogens is 460 g/mol.